The van der Waals surface area contributed by atoms with Crippen LogP contribution < -0.4 is 0 Å². The van der Waals surface area contributed by atoms with E-state index in [1.807, 2.05) is 0 Å². The van der Waals surface area contributed by atoms with Gasteiger partial charge in [-0.25, -0.2) is 9.18 Å². The van der Waals surface area contributed by atoms with Gasteiger partial charge in [-0.2, -0.15) is 0 Å². The maximum atomic E-state index is 14.0. The number of fused-ring (bicyclic) bond motifs is 1. The molecule has 4 heteroatoms. The second-order valence-corrected chi connectivity index (χ2v) is 5.27. The number of halogens is 1. The number of ether oxygens (including phenoxy) is 1. The molecule has 0 N–H and O–H groups in total. The lowest BCUT2D eigenvalue weighted by Gasteiger charge is -2.29. The number of hydrogen-bond donors (Lipinski definition) is 0. The first-order chi connectivity index (χ1) is 10.0. The Morgan fingerprint density at radius 3 is 2.90 bits per heavy atom. The summed E-state index contributed by atoms with van der Waals surface area (Å²) in [6.45, 7) is 5.20. The standard InChI is InChI=1S/C17H15FO3/c1-11(2)16(19)21-17(12-7-9-20-10-12)8-6-13-14(17)4-3-5-15(13)18/h3-5,7,9-10H,1,6,8H2,2H3. The Bertz CT molecular complexity index is 703. The molecule has 0 saturated heterocycles. The smallest absolute Gasteiger partial charge is 0.334 e. The molecule has 1 aliphatic rings. The van der Waals surface area contributed by atoms with Crippen LogP contribution >= 0.6 is 0 Å². The van der Waals surface area contributed by atoms with Gasteiger partial charge in [-0.05, 0) is 31.0 Å². The van der Waals surface area contributed by atoms with Crippen LogP contribution in [0.4, 0.5) is 4.39 Å². The van der Waals surface area contributed by atoms with Gasteiger partial charge in [0, 0.05) is 23.1 Å². The summed E-state index contributed by atoms with van der Waals surface area (Å²) in [6, 6.07) is 6.59. The molecule has 1 aromatic heterocycles. The maximum Gasteiger partial charge on any atom is 0.334 e. The van der Waals surface area contributed by atoms with Crippen molar-refractivity contribution in [3.05, 3.63) is 71.5 Å². The monoisotopic (exact) mass is 286 g/mol. The van der Waals surface area contributed by atoms with E-state index in [0.29, 0.717) is 35.1 Å². The van der Waals surface area contributed by atoms with Crippen LogP contribution in [0.25, 0.3) is 0 Å². The molecule has 1 unspecified atom stereocenters. The highest BCUT2D eigenvalue weighted by atomic mass is 19.1. The van der Waals surface area contributed by atoms with E-state index in [1.165, 1.54) is 18.6 Å². The molecule has 1 aliphatic carbocycles. The van der Waals surface area contributed by atoms with Crippen LogP contribution in [0.5, 0.6) is 0 Å². The van der Waals surface area contributed by atoms with Crippen LogP contribution in [0.2, 0.25) is 0 Å². The quantitative estimate of drug-likeness (QED) is 0.637. The van der Waals surface area contributed by atoms with Crippen LogP contribution in [-0.2, 0) is 21.6 Å². The minimum atomic E-state index is -1.000. The number of esters is 1. The third-order valence-corrected chi connectivity index (χ3v) is 3.88. The van der Waals surface area contributed by atoms with E-state index >= 15 is 0 Å². The fourth-order valence-corrected chi connectivity index (χ4v) is 2.83. The normalized spacial score (nSPS) is 20.1. The molecule has 1 heterocycles. The molecule has 21 heavy (non-hydrogen) atoms. The van der Waals surface area contributed by atoms with Gasteiger partial charge >= 0.3 is 5.97 Å². The molecule has 0 amide bonds. The molecule has 0 spiro atoms. The highest BCUT2D eigenvalue weighted by Gasteiger charge is 2.45. The topological polar surface area (TPSA) is 39.4 Å². The van der Waals surface area contributed by atoms with E-state index in [-0.39, 0.29) is 5.82 Å². The predicted octanol–water partition coefficient (Wildman–Crippen LogP) is 3.73. The van der Waals surface area contributed by atoms with Crippen molar-refractivity contribution in [2.24, 2.45) is 0 Å². The van der Waals surface area contributed by atoms with Crippen molar-refractivity contribution < 1.29 is 18.3 Å². The average molecular weight is 286 g/mol. The Morgan fingerprint density at radius 1 is 1.43 bits per heavy atom. The van der Waals surface area contributed by atoms with Crippen molar-refractivity contribution in [1.29, 1.82) is 0 Å². The largest absolute Gasteiger partial charge is 0.472 e. The zero-order valence-corrected chi connectivity index (χ0v) is 11.7. The van der Waals surface area contributed by atoms with Gasteiger partial charge in [0.05, 0.1) is 12.5 Å². The van der Waals surface area contributed by atoms with Gasteiger partial charge < -0.3 is 9.15 Å². The molecule has 0 saturated carbocycles. The molecule has 0 bridgehead atoms. The fourth-order valence-electron chi connectivity index (χ4n) is 2.83. The Morgan fingerprint density at radius 2 is 2.24 bits per heavy atom. The van der Waals surface area contributed by atoms with Crippen LogP contribution in [0, 0.1) is 5.82 Å². The molecule has 1 atom stereocenters. The fraction of sp³-hybridized carbons (Fsp3) is 0.235. The summed E-state index contributed by atoms with van der Waals surface area (Å²) in [7, 11) is 0. The van der Waals surface area contributed by atoms with Crippen LogP contribution in [0.3, 0.4) is 0 Å². The Labute approximate surface area is 122 Å². The average Bonchev–Trinajstić information content (AvgIpc) is 3.08. The predicted molar refractivity (Wildman–Crippen MR) is 75.1 cm³/mol. The highest BCUT2D eigenvalue weighted by Crippen LogP contribution is 2.46. The Hall–Kier alpha value is -2.36. The van der Waals surface area contributed by atoms with Gasteiger partial charge in [0.25, 0.3) is 0 Å². The van der Waals surface area contributed by atoms with E-state index < -0.39 is 11.6 Å². The van der Waals surface area contributed by atoms with Crippen molar-refractivity contribution in [3.63, 3.8) is 0 Å². The molecular formula is C17H15FO3. The zero-order valence-electron chi connectivity index (χ0n) is 11.7. The van der Waals surface area contributed by atoms with Gasteiger partial charge in [-0.15, -0.1) is 0 Å². The van der Waals surface area contributed by atoms with E-state index in [9.17, 15) is 9.18 Å². The lowest BCUT2D eigenvalue weighted by molar-refractivity contribution is -0.151. The van der Waals surface area contributed by atoms with E-state index in [4.69, 9.17) is 9.15 Å². The summed E-state index contributed by atoms with van der Waals surface area (Å²) < 4.78 is 24.8. The van der Waals surface area contributed by atoms with Gasteiger partial charge in [-0.1, -0.05) is 18.7 Å². The molecular weight excluding hydrogens is 271 g/mol. The first-order valence-electron chi connectivity index (χ1n) is 6.74. The first-order valence-corrected chi connectivity index (χ1v) is 6.74. The summed E-state index contributed by atoms with van der Waals surface area (Å²) in [5.41, 5.74) is 1.29. The van der Waals surface area contributed by atoms with Crippen LogP contribution in [0.1, 0.15) is 30.0 Å². The zero-order chi connectivity index (χ0) is 15.0. The summed E-state index contributed by atoms with van der Waals surface area (Å²) in [5, 5.41) is 0. The number of carbonyl (C=O) groups excluding carboxylic acids is 1. The molecule has 3 nitrogen and oxygen atoms in total. The van der Waals surface area contributed by atoms with Gasteiger partial charge in [0.15, 0.2) is 5.60 Å². The Kier molecular flexibility index (Phi) is 3.16. The second-order valence-electron chi connectivity index (χ2n) is 5.27. The maximum absolute atomic E-state index is 14.0. The third kappa shape index (κ3) is 2.07. The minimum Gasteiger partial charge on any atom is -0.472 e. The number of carbonyl (C=O) groups is 1. The molecule has 1 aromatic carbocycles. The summed E-state index contributed by atoms with van der Waals surface area (Å²) in [5.74, 6) is -0.766. The molecule has 2 aromatic rings. The summed E-state index contributed by atoms with van der Waals surface area (Å²) >= 11 is 0. The van der Waals surface area contributed by atoms with Crippen molar-refractivity contribution >= 4 is 5.97 Å². The first kappa shape index (κ1) is 13.6. The summed E-state index contributed by atoms with van der Waals surface area (Å²) in [4.78, 5) is 12.0. The summed E-state index contributed by atoms with van der Waals surface area (Å²) in [6.07, 6.45) is 4.05. The van der Waals surface area contributed by atoms with E-state index in [0.717, 1.165) is 0 Å². The number of hydrogen-bond acceptors (Lipinski definition) is 3. The van der Waals surface area contributed by atoms with Crippen LogP contribution in [-0.4, -0.2) is 5.97 Å². The van der Waals surface area contributed by atoms with Gasteiger partial charge in [0.2, 0.25) is 0 Å². The van der Waals surface area contributed by atoms with Gasteiger partial charge in [0.1, 0.15) is 5.82 Å². The lowest BCUT2D eigenvalue weighted by atomic mass is 9.89. The number of rotatable bonds is 3. The van der Waals surface area contributed by atoms with Crippen LogP contribution in [0.15, 0.2) is 53.4 Å². The molecule has 3 rings (SSSR count). The SMILES string of the molecule is C=C(C)C(=O)OC1(c2ccoc2)CCc2c(F)cccc21. The minimum absolute atomic E-state index is 0.274. The second kappa shape index (κ2) is 4.88. The number of benzene rings is 1. The molecule has 0 fully saturated rings. The molecule has 0 radical (unpaired) electrons. The van der Waals surface area contributed by atoms with Crippen molar-refractivity contribution in [3.8, 4) is 0 Å². The lowest BCUT2D eigenvalue weighted by Crippen LogP contribution is -2.31. The van der Waals surface area contributed by atoms with Crippen molar-refractivity contribution in [1.82, 2.24) is 0 Å². The van der Waals surface area contributed by atoms with E-state index in [1.54, 1.807) is 25.1 Å². The van der Waals surface area contributed by atoms with Crippen molar-refractivity contribution in [2.45, 2.75) is 25.4 Å². The Balaban J connectivity index is 2.15. The highest BCUT2D eigenvalue weighted by molar-refractivity contribution is 5.87. The molecule has 0 aliphatic heterocycles. The molecule has 108 valence electrons. The third-order valence-electron chi connectivity index (χ3n) is 3.88. The van der Waals surface area contributed by atoms with Gasteiger partial charge in [-0.3, -0.25) is 0 Å². The van der Waals surface area contributed by atoms with Crippen molar-refractivity contribution in [2.75, 3.05) is 0 Å². The van der Waals surface area contributed by atoms with E-state index in [2.05, 4.69) is 6.58 Å². The number of furan rings is 1.